The van der Waals surface area contributed by atoms with Crippen molar-refractivity contribution in [1.82, 2.24) is 6.15 Å². The number of hydrogen-bond donors (Lipinski definition) is 9. The zero-order valence-corrected chi connectivity index (χ0v) is 21.1. The summed E-state index contributed by atoms with van der Waals surface area (Å²) in [7, 11) is 0. The fourth-order valence-corrected chi connectivity index (χ4v) is 2.93. The van der Waals surface area contributed by atoms with E-state index in [1.54, 1.807) is 0 Å². The molecule has 2 fully saturated rings. The molecular formula is C18H31N7O15. The van der Waals surface area contributed by atoms with Crippen LogP contribution in [0.5, 0.6) is 0 Å². The summed E-state index contributed by atoms with van der Waals surface area (Å²) in [6, 6.07) is 0. The van der Waals surface area contributed by atoms with Crippen molar-refractivity contribution in [2.24, 2.45) is 10.2 Å². The Hall–Kier alpha value is -3.50. The van der Waals surface area contributed by atoms with Crippen LogP contribution in [0.2, 0.25) is 0 Å². The molecule has 2 rings (SSSR count). The number of aliphatic carboxylic acids is 2. The van der Waals surface area contributed by atoms with Crippen molar-refractivity contribution in [3.63, 3.8) is 0 Å². The second kappa shape index (κ2) is 18.0. The van der Waals surface area contributed by atoms with Gasteiger partial charge in [-0.15, -0.1) is 0 Å². The van der Waals surface area contributed by atoms with E-state index >= 15 is 0 Å². The molecule has 3 unspecified atom stereocenters. The first kappa shape index (κ1) is 38.6. The Morgan fingerprint density at radius 2 is 1.60 bits per heavy atom. The van der Waals surface area contributed by atoms with Gasteiger partial charge in [0.1, 0.15) is 36.2 Å². The van der Waals surface area contributed by atoms with Gasteiger partial charge in [0, 0.05) is 16.2 Å². The van der Waals surface area contributed by atoms with Crippen LogP contribution >= 0.6 is 0 Å². The number of ether oxygens (including phenoxy) is 2. The molecule has 0 spiro atoms. The quantitative estimate of drug-likeness (QED) is 0.0403. The van der Waals surface area contributed by atoms with Gasteiger partial charge in [-0.05, 0) is 18.0 Å². The maximum Gasteiger partial charge on any atom is 0.372 e. The lowest BCUT2D eigenvalue weighted by Gasteiger charge is -2.44. The van der Waals surface area contributed by atoms with Crippen molar-refractivity contribution in [1.29, 1.82) is 0 Å². The molecule has 2 aliphatic rings. The Kier molecular flexibility index (Phi) is 17.4. The van der Waals surface area contributed by atoms with Crippen LogP contribution in [0.4, 0.5) is 0 Å². The van der Waals surface area contributed by atoms with Gasteiger partial charge in [-0.2, -0.15) is 0 Å². The van der Waals surface area contributed by atoms with Crippen LogP contribution in [-0.4, -0.2) is 132 Å². The van der Waals surface area contributed by atoms with Crippen LogP contribution < -0.4 is 11.3 Å². The maximum absolute atomic E-state index is 10.7. The zero-order chi connectivity index (χ0) is 30.5. The molecule has 2 aliphatic heterocycles. The van der Waals surface area contributed by atoms with Gasteiger partial charge in [0.05, 0.1) is 37.8 Å². The molecule has 228 valence electrons. The fraction of sp³-hybridized carbons (Fsp3) is 0.778. The van der Waals surface area contributed by atoms with Gasteiger partial charge in [-0.3, -0.25) is 9.59 Å². The fourth-order valence-electron chi connectivity index (χ4n) is 2.93. The van der Waals surface area contributed by atoms with E-state index in [1.165, 1.54) is 6.92 Å². The van der Waals surface area contributed by atoms with Gasteiger partial charge in [-0.1, -0.05) is 10.2 Å². The number of Topliss-reactive ketones (excluding diaryl/α,β-unsaturated/α-hetero) is 2. The average molecular weight is 585 g/mol. The Bertz CT molecular complexity index is 973. The van der Waals surface area contributed by atoms with Crippen molar-refractivity contribution in [2.45, 2.75) is 74.6 Å². The molecule has 0 aromatic carbocycles. The number of carbonyl (C=O) groups excluding carboxylic acids is 3. The van der Waals surface area contributed by atoms with Gasteiger partial charge in [-0.25, -0.2) is 4.79 Å². The summed E-state index contributed by atoms with van der Waals surface area (Å²) in [6.07, 6.45) is -12.5. The molecule has 0 aromatic heterocycles. The normalized spacial score (nSPS) is 31.1. The van der Waals surface area contributed by atoms with E-state index in [4.69, 9.17) is 31.5 Å². The third kappa shape index (κ3) is 12.1. The number of aliphatic hydroxyl groups excluding tert-OH is 6. The number of carbonyl (C=O) groups is 4. The van der Waals surface area contributed by atoms with E-state index in [0.29, 0.717) is 0 Å². The summed E-state index contributed by atoms with van der Waals surface area (Å²) in [6.45, 7) is 0.542. The second-order valence-electron chi connectivity index (χ2n) is 7.96. The molecular weight excluding hydrogens is 554 g/mol. The smallest absolute Gasteiger partial charge is 0.372 e. The van der Waals surface area contributed by atoms with Crippen LogP contribution in [0, 0.1) is 0 Å². The Morgan fingerprint density at radius 1 is 1.05 bits per heavy atom. The summed E-state index contributed by atoms with van der Waals surface area (Å²) in [5.74, 6) is -7.86. The third-order valence-corrected chi connectivity index (χ3v) is 4.89. The van der Waals surface area contributed by atoms with Crippen LogP contribution in [0.15, 0.2) is 10.2 Å². The third-order valence-electron chi connectivity index (χ3n) is 4.89. The number of carboxylic acids is 2. The van der Waals surface area contributed by atoms with Gasteiger partial charge >= 0.3 is 5.97 Å². The van der Waals surface area contributed by atoms with Gasteiger partial charge < -0.3 is 66.4 Å². The summed E-state index contributed by atoms with van der Waals surface area (Å²) in [5, 5.41) is 89.7. The molecule has 0 saturated carbocycles. The minimum absolute atomic E-state index is 0. The van der Waals surface area contributed by atoms with Crippen LogP contribution in [-0.2, 0) is 28.7 Å². The highest BCUT2D eigenvalue weighted by atomic mass is 16.7. The zero-order valence-electron chi connectivity index (χ0n) is 21.1. The van der Waals surface area contributed by atoms with Gasteiger partial charge in [0.15, 0.2) is 6.29 Å². The number of aliphatic hydroxyl groups is 7. The molecule has 2 saturated heterocycles. The SMILES string of the molecule is CC(=O)CC(=O)C(=O)O.[N-]=[N+]=NC[C@@H](O)C1O[C@@](O)(C(=O)[O-])C[C@@H](O)[C@H]1O.[N-]=[N+]=NC[C@H]1OC(O)C(O)[C@H]1O.[NH4+]. The average Bonchev–Trinajstić information content (AvgIpc) is 3.10. The highest BCUT2D eigenvalue weighted by molar-refractivity contribution is 6.36. The van der Waals surface area contributed by atoms with E-state index in [2.05, 4.69) is 29.5 Å². The van der Waals surface area contributed by atoms with E-state index in [-0.39, 0.29) is 12.7 Å². The molecule has 0 bridgehead atoms. The van der Waals surface area contributed by atoms with E-state index in [1.807, 2.05) is 0 Å². The maximum atomic E-state index is 10.7. The minimum atomic E-state index is -2.82. The lowest BCUT2D eigenvalue weighted by molar-refractivity contribution is -0.378. The number of azide groups is 2. The summed E-state index contributed by atoms with van der Waals surface area (Å²) >= 11 is 0. The molecule has 2 heterocycles. The molecule has 0 aliphatic carbocycles. The van der Waals surface area contributed by atoms with E-state index in [0.717, 1.165) is 0 Å². The van der Waals surface area contributed by atoms with Crippen LogP contribution in [0.1, 0.15) is 19.8 Å². The molecule has 0 radical (unpaired) electrons. The predicted octanol–water partition coefficient (Wildman–Crippen LogP) is -4.66. The predicted molar refractivity (Wildman–Crippen MR) is 122 cm³/mol. The summed E-state index contributed by atoms with van der Waals surface area (Å²) in [5.41, 5.74) is 16.0. The minimum Gasteiger partial charge on any atom is -0.544 e. The van der Waals surface area contributed by atoms with Crippen molar-refractivity contribution in [2.75, 3.05) is 13.1 Å². The number of nitrogens with zero attached hydrogens (tertiary/aromatic N) is 6. The lowest BCUT2D eigenvalue weighted by Crippen LogP contribution is -2.64. The highest BCUT2D eigenvalue weighted by Gasteiger charge is 2.48. The number of carboxylic acid groups (broad SMARTS) is 2. The second-order valence-corrected chi connectivity index (χ2v) is 7.96. The number of ketones is 2. The Morgan fingerprint density at radius 3 is 1.98 bits per heavy atom. The van der Waals surface area contributed by atoms with Crippen molar-refractivity contribution in [3.8, 4) is 0 Å². The van der Waals surface area contributed by atoms with E-state index < -0.39 is 97.7 Å². The first-order valence-corrected chi connectivity index (χ1v) is 10.6. The van der Waals surface area contributed by atoms with Crippen LogP contribution in [0.3, 0.4) is 0 Å². The lowest BCUT2D eigenvalue weighted by atomic mass is 9.92. The van der Waals surface area contributed by atoms with Gasteiger partial charge in [0.25, 0.3) is 0 Å². The first-order chi connectivity index (χ1) is 18.0. The summed E-state index contributed by atoms with van der Waals surface area (Å²) in [4.78, 5) is 45.4. The number of quaternary nitrogens is 1. The monoisotopic (exact) mass is 585 g/mol. The number of hydrogen-bond acceptors (Lipinski definition) is 16. The standard InChI is InChI=1S/C8H13N3O7.C5H9N3O4.C5H6O4.H3N/c9-11-10-2-4(13)6-5(14)3(12)1-8(17,18-6)7(15)16;6-8-7-1-2-3(9)4(10)5(11)12-2;1-3(6)2-4(7)5(8)9;/h3-6,12-14,17H,1-2H2,(H,15,16);2-5,9-11H,1H2;2H2,1H3,(H,8,9);1H3/t3-,4-,5-,6?,8-;2-,3+,4?,5?;;/m11../s1. The molecule has 9 atom stereocenters. The number of rotatable bonds is 9. The summed E-state index contributed by atoms with van der Waals surface area (Å²) < 4.78 is 9.31. The Balaban J connectivity index is 0. The molecule has 22 heteroatoms. The van der Waals surface area contributed by atoms with Crippen molar-refractivity contribution >= 4 is 23.5 Å². The Labute approximate surface area is 223 Å². The first-order valence-electron chi connectivity index (χ1n) is 10.6. The molecule has 40 heavy (non-hydrogen) atoms. The van der Waals surface area contributed by atoms with Crippen LogP contribution in [0.25, 0.3) is 20.9 Å². The van der Waals surface area contributed by atoms with Crippen molar-refractivity contribution in [3.05, 3.63) is 20.9 Å². The molecule has 22 nitrogen and oxygen atoms in total. The van der Waals surface area contributed by atoms with Crippen molar-refractivity contribution < 1.29 is 74.6 Å². The molecule has 12 N–H and O–H groups in total. The van der Waals surface area contributed by atoms with Gasteiger partial charge in [0.2, 0.25) is 11.6 Å². The van der Waals surface area contributed by atoms with E-state index in [9.17, 15) is 44.7 Å². The largest absolute Gasteiger partial charge is 0.544 e. The highest BCUT2D eigenvalue weighted by Crippen LogP contribution is 2.29. The topological polar surface area (TPSA) is 406 Å². The molecule has 0 amide bonds. The molecule has 0 aromatic rings.